The molecule has 84 valence electrons. The van der Waals surface area contributed by atoms with Gasteiger partial charge in [0.05, 0.1) is 0 Å². The van der Waals surface area contributed by atoms with Gasteiger partial charge in [-0.25, -0.2) is 4.79 Å². The first-order valence-corrected chi connectivity index (χ1v) is 5.57. The second-order valence-corrected chi connectivity index (χ2v) is 5.75. The molecule has 0 aromatic carbocycles. The molecule has 0 radical (unpaired) electrons. The Hall–Kier alpha value is -0.870. The largest absolute Gasteiger partial charge is 0.479 e. The molecule has 0 spiro atoms. The van der Waals surface area contributed by atoms with E-state index in [0.29, 0.717) is 0 Å². The molecule has 3 nitrogen and oxygen atoms in total. The van der Waals surface area contributed by atoms with Crippen molar-refractivity contribution in [2.24, 2.45) is 0 Å². The average molecular weight is 228 g/mol. The van der Waals surface area contributed by atoms with Gasteiger partial charge in [0.1, 0.15) is 0 Å². The molecule has 0 aliphatic heterocycles. The van der Waals surface area contributed by atoms with E-state index in [1.165, 1.54) is 0 Å². The lowest BCUT2D eigenvalue weighted by Gasteiger charge is -2.27. The van der Waals surface area contributed by atoms with Gasteiger partial charge in [0.15, 0.2) is 6.10 Å². The van der Waals surface area contributed by atoms with E-state index < -0.39 is 17.5 Å². The highest BCUT2D eigenvalue weighted by Gasteiger charge is 2.36. The summed E-state index contributed by atoms with van der Waals surface area (Å²) in [6, 6.07) is 1.95. The summed E-state index contributed by atoms with van der Waals surface area (Å²) < 4.78 is 0. The van der Waals surface area contributed by atoms with Gasteiger partial charge < -0.3 is 10.2 Å². The van der Waals surface area contributed by atoms with Crippen LogP contribution >= 0.6 is 11.3 Å². The molecule has 1 heterocycles. The molecule has 0 saturated carbocycles. The standard InChI is InChI=1S/C11H16O3S/c1-6-5-8(7(2)15-6)11(3,4)9(12)10(13)14/h5,9,12H,1-4H3,(H,13,14). The predicted molar refractivity (Wildman–Crippen MR) is 60.5 cm³/mol. The van der Waals surface area contributed by atoms with Gasteiger partial charge in [-0.15, -0.1) is 11.3 Å². The smallest absolute Gasteiger partial charge is 0.333 e. The van der Waals surface area contributed by atoms with E-state index in [1.807, 2.05) is 19.9 Å². The summed E-state index contributed by atoms with van der Waals surface area (Å²) in [4.78, 5) is 13.0. The molecule has 0 amide bonds. The first-order valence-electron chi connectivity index (χ1n) is 4.75. The van der Waals surface area contributed by atoms with Crippen LogP contribution in [0.4, 0.5) is 0 Å². The zero-order valence-electron chi connectivity index (χ0n) is 9.37. The molecule has 0 bridgehead atoms. The van der Waals surface area contributed by atoms with Gasteiger partial charge >= 0.3 is 5.97 Å². The Bertz CT molecular complexity index is 379. The van der Waals surface area contributed by atoms with E-state index in [9.17, 15) is 9.90 Å². The van der Waals surface area contributed by atoms with Crippen LogP contribution in [0.3, 0.4) is 0 Å². The maximum absolute atomic E-state index is 10.8. The molecule has 1 rings (SSSR count). The Labute approximate surface area is 93.4 Å². The monoisotopic (exact) mass is 228 g/mol. The van der Waals surface area contributed by atoms with Crippen molar-refractivity contribution < 1.29 is 15.0 Å². The Morgan fingerprint density at radius 3 is 2.33 bits per heavy atom. The Morgan fingerprint density at radius 1 is 1.47 bits per heavy atom. The van der Waals surface area contributed by atoms with Crippen LogP contribution in [0.1, 0.15) is 29.2 Å². The minimum atomic E-state index is -1.37. The Morgan fingerprint density at radius 2 is 2.00 bits per heavy atom. The number of hydrogen-bond acceptors (Lipinski definition) is 3. The maximum atomic E-state index is 10.8. The molecule has 0 fully saturated rings. The van der Waals surface area contributed by atoms with Crippen molar-refractivity contribution >= 4 is 17.3 Å². The summed E-state index contributed by atoms with van der Waals surface area (Å²) in [7, 11) is 0. The van der Waals surface area contributed by atoms with Crippen molar-refractivity contribution in [3.8, 4) is 0 Å². The number of hydrogen-bond donors (Lipinski definition) is 2. The van der Waals surface area contributed by atoms with Gasteiger partial charge in [-0.2, -0.15) is 0 Å². The predicted octanol–water partition coefficient (Wildman–Crippen LogP) is 2.09. The van der Waals surface area contributed by atoms with E-state index in [0.717, 1.165) is 15.3 Å². The van der Waals surface area contributed by atoms with Crippen LogP contribution < -0.4 is 0 Å². The first-order chi connectivity index (χ1) is 6.76. The summed E-state index contributed by atoms with van der Waals surface area (Å²) in [6.45, 7) is 7.42. The molecule has 4 heteroatoms. The van der Waals surface area contributed by atoms with Gasteiger partial charge in [-0.05, 0) is 25.5 Å². The lowest BCUT2D eigenvalue weighted by molar-refractivity contribution is -0.150. The average Bonchev–Trinajstić information content (AvgIpc) is 2.44. The van der Waals surface area contributed by atoms with Crippen molar-refractivity contribution in [3.05, 3.63) is 21.4 Å². The zero-order valence-corrected chi connectivity index (χ0v) is 10.2. The molecule has 2 N–H and O–H groups in total. The third kappa shape index (κ3) is 2.21. The normalized spacial score (nSPS) is 13.9. The molecule has 1 unspecified atom stereocenters. The van der Waals surface area contributed by atoms with Gasteiger partial charge in [0.2, 0.25) is 0 Å². The quantitative estimate of drug-likeness (QED) is 0.832. The highest BCUT2D eigenvalue weighted by atomic mass is 32.1. The summed E-state index contributed by atoms with van der Waals surface area (Å²) in [5.74, 6) is -1.18. The Kier molecular flexibility index (Phi) is 3.21. The number of carboxylic acid groups (broad SMARTS) is 1. The second kappa shape index (κ2) is 3.94. The van der Waals surface area contributed by atoms with Gasteiger partial charge in [-0.1, -0.05) is 13.8 Å². The van der Waals surface area contributed by atoms with E-state index in [2.05, 4.69) is 0 Å². The topological polar surface area (TPSA) is 57.5 Å². The summed E-state index contributed by atoms with van der Waals surface area (Å²) >= 11 is 1.62. The van der Waals surface area contributed by atoms with E-state index >= 15 is 0 Å². The summed E-state index contributed by atoms with van der Waals surface area (Å²) in [5, 5.41) is 18.5. The molecular weight excluding hydrogens is 212 g/mol. The van der Waals surface area contributed by atoms with Crippen LogP contribution in [0.25, 0.3) is 0 Å². The minimum absolute atomic E-state index is 0.749. The van der Waals surface area contributed by atoms with Crippen LogP contribution in [0.15, 0.2) is 6.07 Å². The fourth-order valence-corrected chi connectivity index (χ4v) is 2.82. The van der Waals surface area contributed by atoms with Gasteiger partial charge in [0, 0.05) is 15.2 Å². The number of aliphatic hydroxyl groups excluding tert-OH is 1. The molecular formula is C11H16O3S. The number of aryl methyl sites for hydroxylation is 2. The van der Waals surface area contributed by atoms with Crippen LogP contribution in [0, 0.1) is 13.8 Å². The van der Waals surface area contributed by atoms with E-state index in [1.54, 1.807) is 25.2 Å². The lowest BCUT2D eigenvalue weighted by atomic mass is 9.79. The van der Waals surface area contributed by atoms with E-state index in [-0.39, 0.29) is 0 Å². The Balaban J connectivity index is 3.15. The summed E-state index contributed by atoms with van der Waals surface area (Å²) in [5.41, 5.74) is 0.167. The van der Waals surface area contributed by atoms with Crippen molar-refractivity contribution in [2.45, 2.75) is 39.2 Å². The summed E-state index contributed by atoms with van der Waals surface area (Å²) in [6.07, 6.45) is -1.37. The van der Waals surface area contributed by atoms with Crippen molar-refractivity contribution in [1.82, 2.24) is 0 Å². The minimum Gasteiger partial charge on any atom is -0.479 e. The molecule has 1 aromatic heterocycles. The zero-order chi connectivity index (χ0) is 11.8. The lowest BCUT2D eigenvalue weighted by Crippen LogP contribution is -2.39. The molecule has 1 aromatic rings. The molecule has 0 aliphatic carbocycles. The first kappa shape index (κ1) is 12.2. The number of carboxylic acids is 1. The fourth-order valence-electron chi connectivity index (χ4n) is 1.73. The SMILES string of the molecule is Cc1cc(C(C)(C)C(O)C(=O)O)c(C)s1. The molecule has 0 aliphatic rings. The molecule has 0 saturated heterocycles. The van der Waals surface area contributed by atoms with Crippen molar-refractivity contribution in [2.75, 3.05) is 0 Å². The molecule has 15 heavy (non-hydrogen) atoms. The number of carbonyl (C=O) groups is 1. The van der Waals surface area contributed by atoms with E-state index in [4.69, 9.17) is 5.11 Å². The van der Waals surface area contributed by atoms with Crippen molar-refractivity contribution in [3.63, 3.8) is 0 Å². The van der Waals surface area contributed by atoms with Gasteiger partial charge in [-0.3, -0.25) is 0 Å². The highest BCUT2D eigenvalue weighted by Crippen LogP contribution is 2.34. The third-order valence-electron chi connectivity index (χ3n) is 2.65. The third-order valence-corrected chi connectivity index (χ3v) is 3.62. The molecule has 1 atom stereocenters. The van der Waals surface area contributed by atoms with Crippen LogP contribution in [0.2, 0.25) is 0 Å². The van der Waals surface area contributed by atoms with Crippen molar-refractivity contribution in [1.29, 1.82) is 0 Å². The van der Waals surface area contributed by atoms with Crippen LogP contribution in [-0.2, 0) is 10.2 Å². The number of aliphatic hydroxyl groups is 1. The number of rotatable bonds is 3. The van der Waals surface area contributed by atoms with Crippen LogP contribution in [0.5, 0.6) is 0 Å². The number of thiophene rings is 1. The van der Waals surface area contributed by atoms with Crippen LogP contribution in [-0.4, -0.2) is 22.3 Å². The highest BCUT2D eigenvalue weighted by molar-refractivity contribution is 7.12. The second-order valence-electron chi connectivity index (χ2n) is 4.29. The fraction of sp³-hybridized carbons (Fsp3) is 0.545. The maximum Gasteiger partial charge on any atom is 0.333 e. The number of aliphatic carboxylic acids is 1. The van der Waals surface area contributed by atoms with Gasteiger partial charge in [0.25, 0.3) is 0 Å².